The molecule has 1 N–H and O–H groups in total. The first-order valence-corrected chi connectivity index (χ1v) is 10.7. The largest absolute Gasteiger partial charge is 0.497 e. The number of anilines is 1. The Morgan fingerprint density at radius 3 is 2.03 bits per heavy atom. The van der Waals surface area contributed by atoms with Gasteiger partial charge in [-0.3, -0.25) is 5.43 Å². The van der Waals surface area contributed by atoms with E-state index in [-0.39, 0.29) is 0 Å². The number of thiazole rings is 1. The fourth-order valence-corrected chi connectivity index (χ4v) is 3.81. The minimum Gasteiger partial charge on any atom is -0.497 e. The smallest absolute Gasteiger partial charge is 0.203 e. The van der Waals surface area contributed by atoms with Crippen molar-refractivity contribution < 1.29 is 4.74 Å². The predicted molar refractivity (Wildman–Crippen MR) is 125 cm³/mol. The Kier molecular flexibility index (Phi) is 6.52. The quantitative estimate of drug-likeness (QED) is 0.282. The molecule has 0 spiro atoms. The number of benzene rings is 3. The molecule has 0 aliphatic heterocycles. The van der Waals surface area contributed by atoms with Gasteiger partial charge in [0.15, 0.2) is 0 Å². The first-order valence-electron chi connectivity index (χ1n) is 9.79. The molecule has 0 fully saturated rings. The molecule has 30 heavy (non-hydrogen) atoms. The summed E-state index contributed by atoms with van der Waals surface area (Å²) in [6.45, 7) is 0. The van der Waals surface area contributed by atoms with Crippen molar-refractivity contribution in [1.82, 2.24) is 4.98 Å². The van der Waals surface area contributed by atoms with Crippen LogP contribution in [0.1, 0.15) is 11.1 Å². The second-order valence-corrected chi connectivity index (χ2v) is 7.74. The third-order valence-corrected chi connectivity index (χ3v) is 5.45. The molecular weight excluding hydrogens is 390 g/mol. The predicted octanol–water partition coefficient (Wildman–Crippen LogP) is 6.07. The molecule has 1 heterocycles. The zero-order valence-electron chi connectivity index (χ0n) is 16.8. The number of aromatic nitrogens is 1. The van der Waals surface area contributed by atoms with Crippen LogP contribution in [0.5, 0.6) is 5.75 Å². The lowest BCUT2D eigenvalue weighted by Gasteiger charge is -2.08. The first-order chi connectivity index (χ1) is 14.8. The average Bonchev–Trinajstić information content (AvgIpc) is 3.28. The molecule has 4 rings (SSSR count). The zero-order valence-corrected chi connectivity index (χ0v) is 17.6. The van der Waals surface area contributed by atoms with E-state index in [9.17, 15) is 0 Å². The van der Waals surface area contributed by atoms with Crippen molar-refractivity contribution in [3.63, 3.8) is 0 Å². The van der Waals surface area contributed by atoms with Crippen LogP contribution >= 0.6 is 11.3 Å². The lowest BCUT2D eigenvalue weighted by Crippen LogP contribution is -2.10. The number of nitrogens with one attached hydrogen (secondary N) is 1. The molecule has 0 unspecified atom stereocenters. The third-order valence-electron chi connectivity index (χ3n) is 4.70. The van der Waals surface area contributed by atoms with Crippen LogP contribution in [-0.2, 0) is 12.8 Å². The first kappa shape index (κ1) is 19.9. The second-order valence-electron chi connectivity index (χ2n) is 6.88. The van der Waals surface area contributed by atoms with Gasteiger partial charge in [0.25, 0.3) is 0 Å². The van der Waals surface area contributed by atoms with Crippen LogP contribution in [0.25, 0.3) is 11.3 Å². The fourth-order valence-electron chi connectivity index (χ4n) is 3.15. The Hall–Kier alpha value is -3.44. The van der Waals surface area contributed by atoms with Gasteiger partial charge in [0, 0.05) is 29.5 Å². The summed E-state index contributed by atoms with van der Waals surface area (Å²) in [5.41, 5.74) is 8.70. The minimum atomic E-state index is 0.777. The molecule has 5 heteroatoms. The summed E-state index contributed by atoms with van der Waals surface area (Å²) in [6.07, 6.45) is 1.58. The van der Waals surface area contributed by atoms with Gasteiger partial charge in [-0.25, -0.2) is 4.98 Å². The van der Waals surface area contributed by atoms with Gasteiger partial charge in [0.1, 0.15) is 5.75 Å². The van der Waals surface area contributed by atoms with Gasteiger partial charge in [0.05, 0.1) is 12.8 Å². The Labute approximate surface area is 180 Å². The zero-order chi connectivity index (χ0) is 20.6. The molecule has 0 aliphatic rings. The van der Waals surface area contributed by atoms with Crippen LogP contribution in [-0.4, -0.2) is 17.8 Å². The highest BCUT2D eigenvalue weighted by molar-refractivity contribution is 7.14. The molecule has 4 aromatic rings. The Balaban J connectivity index is 1.50. The van der Waals surface area contributed by atoms with Crippen molar-refractivity contribution in [3.8, 4) is 17.0 Å². The summed E-state index contributed by atoms with van der Waals surface area (Å²) in [6, 6.07) is 28.7. The van der Waals surface area contributed by atoms with Crippen molar-refractivity contribution >= 4 is 22.2 Å². The molecule has 0 saturated heterocycles. The highest BCUT2D eigenvalue weighted by Crippen LogP contribution is 2.26. The summed E-state index contributed by atoms with van der Waals surface area (Å²) in [5, 5.41) is 7.53. The topological polar surface area (TPSA) is 46.5 Å². The van der Waals surface area contributed by atoms with Crippen LogP contribution in [0.4, 0.5) is 5.13 Å². The number of nitrogens with zero attached hydrogens (tertiary/aromatic N) is 2. The van der Waals surface area contributed by atoms with Crippen molar-refractivity contribution in [2.24, 2.45) is 5.10 Å². The van der Waals surface area contributed by atoms with E-state index in [1.54, 1.807) is 18.4 Å². The van der Waals surface area contributed by atoms with E-state index >= 15 is 0 Å². The number of rotatable bonds is 8. The maximum absolute atomic E-state index is 5.22. The molecule has 4 nitrogen and oxygen atoms in total. The standard InChI is InChI=1S/C25H23N3OS/c1-29-23-14-12-21(13-15-23)24-18-30-25(26-24)28-27-22(16-19-8-4-2-5-9-19)17-20-10-6-3-7-11-20/h2-15,18H,16-17H2,1H3,(H,26,28). The maximum Gasteiger partial charge on any atom is 0.203 e. The normalized spacial score (nSPS) is 10.4. The van der Waals surface area contributed by atoms with Crippen molar-refractivity contribution in [2.75, 3.05) is 12.5 Å². The van der Waals surface area contributed by atoms with Crippen molar-refractivity contribution in [3.05, 3.63) is 101 Å². The minimum absolute atomic E-state index is 0.777. The molecule has 0 atom stereocenters. The highest BCUT2D eigenvalue weighted by atomic mass is 32.1. The second kappa shape index (κ2) is 9.85. The molecule has 0 bridgehead atoms. The van der Waals surface area contributed by atoms with Gasteiger partial charge in [-0.1, -0.05) is 60.7 Å². The SMILES string of the molecule is COc1ccc(-c2csc(NN=C(Cc3ccccc3)Cc3ccccc3)n2)cc1. The number of methoxy groups -OCH3 is 1. The summed E-state index contributed by atoms with van der Waals surface area (Å²) in [5.74, 6) is 0.836. The van der Waals surface area contributed by atoms with E-state index in [1.807, 2.05) is 41.8 Å². The van der Waals surface area contributed by atoms with Gasteiger partial charge in [-0.2, -0.15) is 5.10 Å². The van der Waals surface area contributed by atoms with E-state index in [2.05, 4.69) is 58.9 Å². The Morgan fingerprint density at radius 2 is 1.47 bits per heavy atom. The van der Waals surface area contributed by atoms with Crippen LogP contribution in [0.2, 0.25) is 0 Å². The lowest BCUT2D eigenvalue weighted by molar-refractivity contribution is 0.415. The van der Waals surface area contributed by atoms with Crippen molar-refractivity contribution in [2.45, 2.75) is 12.8 Å². The number of hydrogen-bond acceptors (Lipinski definition) is 5. The molecular formula is C25H23N3OS. The molecule has 0 amide bonds. The van der Waals surface area contributed by atoms with E-state index in [0.717, 1.165) is 40.7 Å². The van der Waals surface area contributed by atoms with E-state index < -0.39 is 0 Å². The van der Waals surface area contributed by atoms with E-state index in [1.165, 1.54) is 11.1 Å². The number of hydrazone groups is 1. The molecule has 1 aromatic heterocycles. The molecule has 0 radical (unpaired) electrons. The summed E-state index contributed by atoms with van der Waals surface area (Å²) >= 11 is 1.55. The van der Waals surface area contributed by atoms with Gasteiger partial charge >= 0.3 is 0 Å². The van der Waals surface area contributed by atoms with Crippen LogP contribution in [0.15, 0.2) is 95.4 Å². The number of hydrogen-bond donors (Lipinski definition) is 1. The fraction of sp³-hybridized carbons (Fsp3) is 0.120. The summed E-state index contributed by atoms with van der Waals surface area (Å²) < 4.78 is 5.22. The Morgan fingerprint density at radius 1 is 0.867 bits per heavy atom. The van der Waals surface area contributed by atoms with Crippen LogP contribution in [0, 0.1) is 0 Å². The summed E-state index contributed by atoms with van der Waals surface area (Å²) in [4.78, 5) is 4.68. The Bertz CT molecular complexity index is 1050. The van der Waals surface area contributed by atoms with Gasteiger partial charge in [0.2, 0.25) is 5.13 Å². The van der Waals surface area contributed by atoms with Gasteiger partial charge in [-0.15, -0.1) is 11.3 Å². The third kappa shape index (κ3) is 5.33. The molecule has 0 aliphatic carbocycles. The average molecular weight is 414 g/mol. The maximum atomic E-state index is 5.22. The van der Waals surface area contributed by atoms with E-state index in [4.69, 9.17) is 9.84 Å². The lowest BCUT2D eigenvalue weighted by atomic mass is 10.0. The van der Waals surface area contributed by atoms with Crippen LogP contribution < -0.4 is 10.2 Å². The van der Waals surface area contributed by atoms with Gasteiger partial charge < -0.3 is 4.74 Å². The van der Waals surface area contributed by atoms with Gasteiger partial charge in [-0.05, 0) is 35.4 Å². The van der Waals surface area contributed by atoms with Crippen molar-refractivity contribution in [1.29, 1.82) is 0 Å². The molecule has 3 aromatic carbocycles. The molecule has 0 saturated carbocycles. The summed E-state index contributed by atoms with van der Waals surface area (Å²) in [7, 11) is 1.67. The van der Waals surface area contributed by atoms with Crippen LogP contribution in [0.3, 0.4) is 0 Å². The number of ether oxygens (including phenoxy) is 1. The highest BCUT2D eigenvalue weighted by Gasteiger charge is 2.07. The monoisotopic (exact) mass is 413 g/mol. The molecule has 150 valence electrons. The van der Waals surface area contributed by atoms with E-state index in [0.29, 0.717) is 0 Å².